The summed E-state index contributed by atoms with van der Waals surface area (Å²) in [5.41, 5.74) is 9.09. The third-order valence-corrected chi connectivity index (χ3v) is 5.01. The number of piperidine rings is 1. The van der Waals surface area contributed by atoms with E-state index in [4.69, 9.17) is 10.7 Å². The van der Waals surface area contributed by atoms with Crippen LogP contribution in [0.15, 0.2) is 17.4 Å². The first kappa shape index (κ1) is 15.3. The van der Waals surface area contributed by atoms with Crippen LogP contribution in [0.5, 0.6) is 0 Å². The van der Waals surface area contributed by atoms with Gasteiger partial charge in [-0.25, -0.2) is 4.98 Å². The molecule has 0 spiro atoms. The summed E-state index contributed by atoms with van der Waals surface area (Å²) in [6.07, 6.45) is 5.73. The van der Waals surface area contributed by atoms with Gasteiger partial charge in [-0.05, 0) is 12.8 Å². The van der Waals surface area contributed by atoms with E-state index in [1.165, 1.54) is 0 Å². The van der Waals surface area contributed by atoms with E-state index in [9.17, 15) is 5.11 Å². The number of likely N-dealkylation sites (N-methyl/N-ethyl adjacent to an activating group) is 1. The predicted molar refractivity (Wildman–Crippen MR) is 92.1 cm³/mol. The summed E-state index contributed by atoms with van der Waals surface area (Å²) >= 11 is 0. The molecular weight excluding hydrogens is 306 g/mol. The van der Waals surface area contributed by atoms with Crippen LogP contribution in [0.4, 0.5) is 5.82 Å². The highest BCUT2D eigenvalue weighted by molar-refractivity contribution is 5.74. The zero-order valence-electron chi connectivity index (χ0n) is 13.8. The van der Waals surface area contributed by atoms with Crippen molar-refractivity contribution in [3.05, 3.63) is 23.5 Å². The molecule has 0 saturated carbocycles. The Bertz CT molecular complexity index is 763. The minimum Gasteiger partial charge on any atom is -0.395 e. The van der Waals surface area contributed by atoms with Crippen molar-refractivity contribution in [3.8, 4) is 0 Å². The lowest BCUT2D eigenvalue weighted by Crippen LogP contribution is -2.40. The number of aromatic nitrogens is 3. The molecule has 2 aliphatic rings. The molecule has 8 nitrogen and oxygen atoms in total. The molecule has 128 valence electrons. The third-order valence-electron chi connectivity index (χ3n) is 5.01. The number of hydrazone groups is 1. The molecule has 3 atom stereocenters. The highest BCUT2D eigenvalue weighted by Gasteiger charge is 2.26. The predicted octanol–water partition coefficient (Wildman–Crippen LogP) is 0.154. The maximum absolute atomic E-state index is 9.26. The number of aliphatic hydroxyl groups is 1. The molecule has 2 aromatic rings. The van der Waals surface area contributed by atoms with Crippen molar-refractivity contribution in [3.63, 3.8) is 0 Å². The van der Waals surface area contributed by atoms with Crippen LogP contribution < -0.4 is 11.1 Å². The van der Waals surface area contributed by atoms with Gasteiger partial charge in [0.15, 0.2) is 5.65 Å². The molecule has 8 heteroatoms. The van der Waals surface area contributed by atoms with Crippen LogP contribution in [0.2, 0.25) is 0 Å². The first-order chi connectivity index (χ1) is 11.7. The van der Waals surface area contributed by atoms with Crippen molar-refractivity contribution in [1.29, 1.82) is 0 Å². The smallest absolute Gasteiger partial charge is 0.161 e. The van der Waals surface area contributed by atoms with Crippen LogP contribution in [0.3, 0.4) is 0 Å². The Balaban J connectivity index is 1.67. The number of nitrogens with zero attached hydrogens (tertiary/aromatic N) is 5. The summed E-state index contributed by atoms with van der Waals surface area (Å²) in [5, 5.41) is 23.3. The second-order valence-electron chi connectivity index (χ2n) is 6.71. The van der Waals surface area contributed by atoms with Crippen LogP contribution in [0.1, 0.15) is 35.9 Å². The quantitative estimate of drug-likeness (QED) is 0.741. The molecule has 0 aliphatic carbocycles. The number of hydrogen-bond donors (Lipinski definition) is 3. The molecule has 0 radical (unpaired) electrons. The minimum absolute atomic E-state index is 0.183. The number of nitrogen functional groups attached to an aromatic ring is 1. The van der Waals surface area contributed by atoms with Crippen molar-refractivity contribution in [2.75, 3.05) is 32.5 Å². The molecule has 4 N–H and O–H groups in total. The van der Waals surface area contributed by atoms with Gasteiger partial charge >= 0.3 is 0 Å². The van der Waals surface area contributed by atoms with Gasteiger partial charge in [-0.3, -0.25) is 5.01 Å². The van der Waals surface area contributed by atoms with E-state index in [0.717, 1.165) is 42.8 Å². The van der Waals surface area contributed by atoms with Crippen molar-refractivity contribution < 1.29 is 5.11 Å². The van der Waals surface area contributed by atoms with Crippen LogP contribution in [-0.2, 0) is 0 Å². The molecule has 0 amide bonds. The number of nitrogens with two attached hydrogens (primary N) is 1. The Morgan fingerprint density at radius 3 is 2.96 bits per heavy atom. The minimum atomic E-state index is 0.183. The van der Waals surface area contributed by atoms with Crippen LogP contribution in [0.25, 0.3) is 5.65 Å². The third kappa shape index (κ3) is 2.61. The Morgan fingerprint density at radius 1 is 1.42 bits per heavy atom. The van der Waals surface area contributed by atoms with Gasteiger partial charge in [-0.1, -0.05) is 0 Å². The van der Waals surface area contributed by atoms with Crippen LogP contribution in [0, 0.1) is 0 Å². The second-order valence-corrected chi connectivity index (χ2v) is 6.71. The summed E-state index contributed by atoms with van der Waals surface area (Å²) in [6, 6.07) is 2.11. The SMILES string of the molecule is CN1CC(c2cnn3c(N)cc([C@H]4CC[C@@H](CO)NC4)nc23)C=N1. The van der Waals surface area contributed by atoms with Crippen LogP contribution in [-0.4, -0.2) is 63.7 Å². The first-order valence-corrected chi connectivity index (χ1v) is 8.39. The lowest BCUT2D eigenvalue weighted by atomic mass is 9.92. The summed E-state index contributed by atoms with van der Waals surface area (Å²) in [6.45, 7) is 1.82. The summed E-state index contributed by atoms with van der Waals surface area (Å²) in [5.74, 6) is 1.11. The monoisotopic (exact) mass is 329 g/mol. The summed E-state index contributed by atoms with van der Waals surface area (Å²) < 4.78 is 1.71. The normalized spacial score (nSPS) is 27.2. The molecule has 0 bridgehead atoms. The summed E-state index contributed by atoms with van der Waals surface area (Å²) in [7, 11) is 1.96. The Kier molecular flexibility index (Phi) is 3.85. The fourth-order valence-corrected chi connectivity index (χ4v) is 3.57. The number of anilines is 1. The number of fused-ring (bicyclic) bond motifs is 1. The highest BCUT2D eigenvalue weighted by Crippen LogP contribution is 2.29. The van der Waals surface area contributed by atoms with E-state index in [1.54, 1.807) is 4.52 Å². The highest BCUT2D eigenvalue weighted by atomic mass is 16.3. The molecule has 2 aliphatic heterocycles. The van der Waals surface area contributed by atoms with Gasteiger partial charge < -0.3 is 16.2 Å². The molecule has 24 heavy (non-hydrogen) atoms. The molecule has 2 aromatic heterocycles. The number of nitrogens with one attached hydrogen (secondary N) is 1. The molecule has 1 fully saturated rings. The van der Waals surface area contributed by atoms with E-state index in [1.807, 2.05) is 30.5 Å². The lowest BCUT2D eigenvalue weighted by molar-refractivity contribution is 0.212. The van der Waals surface area contributed by atoms with E-state index in [2.05, 4.69) is 15.5 Å². The second kappa shape index (κ2) is 6.03. The number of aliphatic hydroxyl groups excluding tert-OH is 1. The van der Waals surface area contributed by atoms with E-state index < -0.39 is 0 Å². The van der Waals surface area contributed by atoms with Gasteiger partial charge in [-0.15, -0.1) is 0 Å². The largest absolute Gasteiger partial charge is 0.395 e. The molecule has 4 rings (SSSR count). The fraction of sp³-hybridized carbons (Fsp3) is 0.562. The van der Waals surface area contributed by atoms with Crippen molar-refractivity contribution in [2.45, 2.75) is 30.7 Å². The maximum Gasteiger partial charge on any atom is 0.161 e. The van der Waals surface area contributed by atoms with E-state index in [-0.39, 0.29) is 18.6 Å². The Hall–Kier alpha value is -2.19. The van der Waals surface area contributed by atoms with E-state index in [0.29, 0.717) is 11.7 Å². The molecule has 1 saturated heterocycles. The number of rotatable bonds is 3. The molecule has 4 heterocycles. The van der Waals surface area contributed by atoms with Crippen molar-refractivity contribution in [2.24, 2.45) is 5.10 Å². The number of hydrogen-bond acceptors (Lipinski definition) is 7. The Morgan fingerprint density at radius 2 is 2.29 bits per heavy atom. The first-order valence-electron chi connectivity index (χ1n) is 8.39. The average Bonchev–Trinajstić information content (AvgIpc) is 3.21. The van der Waals surface area contributed by atoms with E-state index >= 15 is 0 Å². The van der Waals surface area contributed by atoms with Crippen molar-refractivity contribution >= 4 is 17.7 Å². The van der Waals surface area contributed by atoms with Gasteiger partial charge in [0.25, 0.3) is 0 Å². The molecule has 1 unspecified atom stereocenters. The maximum atomic E-state index is 9.26. The fourth-order valence-electron chi connectivity index (χ4n) is 3.57. The van der Waals surface area contributed by atoms with Gasteiger partial charge in [0.05, 0.1) is 18.5 Å². The van der Waals surface area contributed by atoms with Gasteiger partial charge in [0, 0.05) is 55.9 Å². The summed E-state index contributed by atoms with van der Waals surface area (Å²) in [4.78, 5) is 4.88. The van der Waals surface area contributed by atoms with Gasteiger partial charge in [0.1, 0.15) is 5.82 Å². The average molecular weight is 329 g/mol. The van der Waals surface area contributed by atoms with Gasteiger partial charge in [-0.2, -0.15) is 14.7 Å². The van der Waals surface area contributed by atoms with Gasteiger partial charge in [0.2, 0.25) is 0 Å². The standard InChI is InChI=1S/C16H23N7O/c1-22-8-11(6-19-22)13-7-20-23-15(17)4-14(21-16(13)23)10-2-3-12(9-24)18-5-10/h4,6-7,10-12,18,24H,2-3,5,8-9,17H2,1H3/t10-,11?,12-/m0/s1. The lowest BCUT2D eigenvalue weighted by Gasteiger charge is -2.28. The zero-order chi connectivity index (χ0) is 16.7. The topological polar surface area (TPSA) is 104 Å². The van der Waals surface area contributed by atoms with Crippen LogP contribution >= 0.6 is 0 Å². The molecule has 0 aromatic carbocycles. The zero-order valence-corrected chi connectivity index (χ0v) is 13.8. The molecular formula is C16H23N7O. The Labute approximate surface area is 140 Å². The van der Waals surface area contributed by atoms with Crippen molar-refractivity contribution in [1.82, 2.24) is 24.9 Å².